The Balaban J connectivity index is 2.47. The summed E-state index contributed by atoms with van der Waals surface area (Å²) in [5.74, 6) is 0.993. The number of imidazole rings is 1. The predicted octanol–water partition coefficient (Wildman–Crippen LogP) is 2.85. The van der Waals surface area contributed by atoms with Gasteiger partial charge in [0.1, 0.15) is 5.82 Å². The average molecular weight is 237 g/mol. The molecule has 3 heteroatoms. The number of halogens is 1. The fourth-order valence-corrected chi connectivity index (χ4v) is 1.51. The highest BCUT2D eigenvalue weighted by Crippen LogP contribution is 2.19. The van der Waals surface area contributed by atoms with Crippen LogP contribution >= 0.6 is 15.9 Å². The first kappa shape index (κ1) is 8.51. The lowest BCUT2D eigenvalue weighted by Gasteiger charge is -2.00. The molecule has 0 saturated carbocycles. The van der Waals surface area contributed by atoms with E-state index in [1.165, 1.54) is 0 Å². The summed E-state index contributed by atoms with van der Waals surface area (Å²) < 4.78 is 3.09. The van der Waals surface area contributed by atoms with Crippen LogP contribution in [0.4, 0.5) is 0 Å². The van der Waals surface area contributed by atoms with Crippen molar-refractivity contribution >= 4 is 15.9 Å². The first-order valence-electron chi connectivity index (χ1n) is 4.00. The maximum atomic E-state index is 4.26. The van der Waals surface area contributed by atoms with Crippen LogP contribution in [-0.4, -0.2) is 9.55 Å². The number of hydrogen-bond donors (Lipinski definition) is 0. The minimum Gasteiger partial charge on any atom is -0.334 e. The zero-order chi connectivity index (χ0) is 9.26. The highest BCUT2D eigenvalue weighted by atomic mass is 79.9. The number of aromatic nitrogens is 2. The van der Waals surface area contributed by atoms with E-state index in [-0.39, 0.29) is 0 Å². The zero-order valence-electron chi connectivity index (χ0n) is 7.24. The van der Waals surface area contributed by atoms with Crippen LogP contribution in [0.1, 0.15) is 0 Å². The lowest BCUT2D eigenvalue weighted by atomic mass is 10.2. The standard InChI is InChI=1S/C10H9BrN2/c1-13-7-6-12-10(13)8-2-4-9(11)5-3-8/h2-7H,1H3. The van der Waals surface area contributed by atoms with E-state index in [1.807, 2.05) is 42.1 Å². The number of benzene rings is 1. The van der Waals surface area contributed by atoms with Crippen molar-refractivity contribution < 1.29 is 0 Å². The normalized spacial score (nSPS) is 10.3. The first-order chi connectivity index (χ1) is 6.27. The van der Waals surface area contributed by atoms with Gasteiger partial charge in [0.05, 0.1) is 0 Å². The predicted molar refractivity (Wildman–Crippen MR) is 56.3 cm³/mol. The molecule has 0 spiro atoms. The van der Waals surface area contributed by atoms with Gasteiger partial charge in [-0.15, -0.1) is 0 Å². The third-order valence-electron chi connectivity index (χ3n) is 1.92. The quantitative estimate of drug-likeness (QED) is 0.745. The summed E-state index contributed by atoms with van der Waals surface area (Å²) >= 11 is 3.40. The lowest BCUT2D eigenvalue weighted by molar-refractivity contribution is 0.925. The Morgan fingerprint density at radius 2 is 1.92 bits per heavy atom. The van der Waals surface area contributed by atoms with Crippen LogP contribution in [0.25, 0.3) is 11.4 Å². The number of aryl methyl sites for hydroxylation is 1. The maximum Gasteiger partial charge on any atom is 0.139 e. The van der Waals surface area contributed by atoms with Gasteiger partial charge in [0.25, 0.3) is 0 Å². The summed E-state index contributed by atoms with van der Waals surface area (Å²) in [6.45, 7) is 0. The van der Waals surface area contributed by atoms with E-state index in [2.05, 4.69) is 20.9 Å². The van der Waals surface area contributed by atoms with Gasteiger partial charge in [0.15, 0.2) is 0 Å². The van der Waals surface area contributed by atoms with Crippen LogP contribution in [0.2, 0.25) is 0 Å². The molecule has 1 aromatic carbocycles. The minimum absolute atomic E-state index is 0.993. The van der Waals surface area contributed by atoms with Gasteiger partial charge in [-0.3, -0.25) is 0 Å². The highest BCUT2D eigenvalue weighted by Gasteiger charge is 2.01. The van der Waals surface area contributed by atoms with Crippen LogP contribution in [-0.2, 0) is 7.05 Å². The molecule has 66 valence electrons. The molecule has 0 unspecified atom stereocenters. The van der Waals surface area contributed by atoms with Crippen molar-refractivity contribution in [2.24, 2.45) is 7.05 Å². The maximum absolute atomic E-state index is 4.26. The molecule has 0 radical (unpaired) electrons. The van der Waals surface area contributed by atoms with Gasteiger partial charge in [-0.25, -0.2) is 4.98 Å². The van der Waals surface area contributed by atoms with Crippen molar-refractivity contribution in [3.05, 3.63) is 41.1 Å². The minimum atomic E-state index is 0.993. The van der Waals surface area contributed by atoms with Crippen LogP contribution < -0.4 is 0 Å². The third-order valence-corrected chi connectivity index (χ3v) is 2.45. The lowest BCUT2D eigenvalue weighted by Crippen LogP contribution is -1.90. The van der Waals surface area contributed by atoms with E-state index in [1.54, 1.807) is 6.20 Å². The molecule has 2 aromatic rings. The number of rotatable bonds is 1. The van der Waals surface area contributed by atoms with Crippen LogP contribution in [0, 0.1) is 0 Å². The van der Waals surface area contributed by atoms with Crippen molar-refractivity contribution in [1.29, 1.82) is 0 Å². The van der Waals surface area contributed by atoms with Crippen LogP contribution in [0.3, 0.4) is 0 Å². The molecule has 2 nitrogen and oxygen atoms in total. The molecule has 0 aliphatic heterocycles. The van der Waals surface area contributed by atoms with Gasteiger partial charge in [0.2, 0.25) is 0 Å². The summed E-state index contributed by atoms with van der Waals surface area (Å²) in [4.78, 5) is 4.26. The molecule has 1 aromatic heterocycles. The van der Waals surface area contributed by atoms with E-state index in [4.69, 9.17) is 0 Å². The summed E-state index contributed by atoms with van der Waals surface area (Å²) in [5, 5.41) is 0. The summed E-state index contributed by atoms with van der Waals surface area (Å²) in [7, 11) is 1.99. The molecule has 0 bridgehead atoms. The van der Waals surface area contributed by atoms with Crippen LogP contribution in [0.15, 0.2) is 41.1 Å². The van der Waals surface area contributed by atoms with Crippen molar-refractivity contribution in [3.8, 4) is 11.4 Å². The van der Waals surface area contributed by atoms with Crippen molar-refractivity contribution in [3.63, 3.8) is 0 Å². The first-order valence-corrected chi connectivity index (χ1v) is 4.80. The Hall–Kier alpha value is -1.09. The fourth-order valence-electron chi connectivity index (χ4n) is 1.24. The van der Waals surface area contributed by atoms with E-state index in [9.17, 15) is 0 Å². The summed E-state index contributed by atoms with van der Waals surface area (Å²) in [6, 6.07) is 8.13. The highest BCUT2D eigenvalue weighted by molar-refractivity contribution is 9.10. The monoisotopic (exact) mass is 236 g/mol. The molecule has 0 saturated heterocycles. The molecule has 0 atom stereocenters. The molecule has 0 aliphatic rings. The summed E-state index contributed by atoms with van der Waals surface area (Å²) in [6.07, 6.45) is 3.74. The van der Waals surface area contributed by atoms with E-state index in [0.717, 1.165) is 15.9 Å². The second-order valence-corrected chi connectivity index (χ2v) is 3.78. The smallest absolute Gasteiger partial charge is 0.139 e. The summed E-state index contributed by atoms with van der Waals surface area (Å²) in [5.41, 5.74) is 1.13. The van der Waals surface area contributed by atoms with Crippen LogP contribution in [0.5, 0.6) is 0 Å². The molecular weight excluding hydrogens is 228 g/mol. The molecule has 0 amide bonds. The largest absolute Gasteiger partial charge is 0.334 e. The molecular formula is C10H9BrN2. The zero-order valence-corrected chi connectivity index (χ0v) is 8.82. The third kappa shape index (κ3) is 1.65. The second-order valence-electron chi connectivity index (χ2n) is 2.87. The number of hydrogen-bond acceptors (Lipinski definition) is 1. The Kier molecular flexibility index (Phi) is 2.19. The van der Waals surface area contributed by atoms with Gasteiger partial charge < -0.3 is 4.57 Å². The van der Waals surface area contributed by atoms with Gasteiger partial charge in [-0.2, -0.15) is 0 Å². The Morgan fingerprint density at radius 3 is 2.46 bits per heavy atom. The van der Waals surface area contributed by atoms with Crippen molar-refractivity contribution in [2.75, 3.05) is 0 Å². The topological polar surface area (TPSA) is 17.8 Å². The Labute approximate surface area is 85.4 Å². The number of nitrogens with zero attached hydrogens (tertiary/aromatic N) is 2. The van der Waals surface area contributed by atoms with Gasteiger partial charge in [-0.05, 0) is 12.1 Å². The van der Waals surface area contributed by atoms with Gasteiger partial charge in [0, 0.05) is 29.5 Å². The molecule has 0 fully saturated rings. The SMILES string of the molecule is Cn1ccnc1-c1ccc(Br)cc1. The fraction of sp³-hybridized carbons (Fsp3) is 0.100. The molecule has 0 aliphatic carbocycles. The van der Waals surface area contributed by atoms with E-state index >= 15 is 0 Å². The van der Waals surface area contributed by atoms with Crippen molar-refractivity contribution in [1.82, 2.24) is 9.55 Å². The average Bonchev–Trinajstić information content (AvgIpc) is 2.53. The molecule has 13 heavy (non-hydrogen) atoms. The Morgan fingerprint density at radius 1 is 1.23 bits per heavy atom. The van der Waals surface area contributed by atoms with Crippen molar-refractivity contribution in [2.45, 2.75) is 0 Å². The van der Waals surface area contributed by atoms with Gasteiger partial charge >= 0.3 is 0 Å². The molecule has 1 heterocycles. The second kappa shape index (κ2) is 3.34. The molecule has 0 N–H and O–H groups in total. The van der Waals surface area contributed by atoms with E-state index in [0.29, 0.717) is 0 Å². The van der Waals surface area contributed by atoms with Gasteiger partial charge in [-0.1, -0.05) is 28.1 Å². The van der Waals surface area contributed by atoms with E-state index < -0.39 is 0 Å². The molecule has 2 rings (SSSR count). The Bertz CT molecular complexity index is 403.